The van der Waals surface area contributed by atoms with Gasteiger partial charge in [-0.05, 0) is 38.5 Å². The number of thiazole rings is 1. The molecule has 3 rings (SSSR count). The van der Waals surface area contributed by atoms with Gasteiger partial charge < -0.3 is 5.32 Å². The predicted octanol–water partition coefficient (Wildman–Crippen LogP) is 4.92. The van der Waals surface area contributed by atoms with Crippen LogP contribution in [0.2, 0.25) is 5.02 Å². The molecule has 4 nitrogen and oxygen atoms in total. The predicted molar refractivity (Wildman–Crippen MR) is 116 cm³/mol. The fourth-order valence-corrected chi connectivity index (χ4v) is 4.43. The molecule has 1 atom stereocenters. The molecule has 0 saturated carbocycles. The summed E-state index contributed by atoms with van der Waals surface area (Å²) in [4.78, 5) is 18.8. The van der Waals surface area contributed by atoms with E-state index in [0.717, 1.165) is 34.1 Å². The van der Waals surface area contributed by atoms with E-state index in [0.29, 0.717) is 5.13 Å². The average Bonchev–Trinajstić information content (AvgIpc) is 3.10. The summed E-state index contributed by atoms with van der Waals surface area (Å²) in [5, 5.41) is 5.70. The number of nitrogens with zero attached hydrogens (tertiary/aromatic N) is 2. The topological polar surface area (TPSA) is 49.8 Å². The van der Waals surface area contributed by atoms with Crippen LogP contribution in [0.4, 0.5) is 10.8 Å². The number of quaternary nitrogens is 1. The van der Waals surface area contributed by atoms with Crippen molar-refractivity contribution in [3.63, 3.8) is 0 Å². The standard InChI is InChI=1S/C22H24ClN3OS/c1-14-9-10-21(15(2)11-14)26(17(4)27)22-25-18(13-28-22)12-24-16(3)19-7-5-6-8-20(19)23/h5-11,13,16,24H,12H2,1-4H3/p+1/t16-/m1/s1. The first-order chi connectivity index (χ1) is 13.4. The number of anilines is 2. The maximum Gasteiger partial charge on any atom is 0.230 e. The molecule has 3 aromatic rings. The van der Waals surface area contributed by atoms with E-state index in [4.69, 9.17) is 16.6 Å². The van der Waals surface area contributed by atoms with Crippen molar-refractivity contribution in [3.05, 3.63) is 75.3 Å². The minimum atomic E-state index is -0.0405. The minimum Gasteiger partial charge on any atom is -0.335 e. The Morgan fingerprint density at radius 3 is 2.68 bits per heavy atom. The SMILES string of the molecule is CC(=O)N(c1nc(C[NH2+][C@H](C)c2ccccc2Cl)cs1)c1ccc(C)cc1C. The summed E-state index contributed by atoms with van der Waals surface area (Å²) in [6, 6.07) is 14.2. The summed E-state index contributed by atoms with van der Waals surface area (Å²) >= 11 is 7.79. The average molecular weight is 415 g/mol. The molecule has 6 heteroatoms. The van der Waals surface area contributed by atoms with Crippen molar-refractivity contribution in [3.8, 4) is 0 Å². The molecular weight excluding hydrogens is 390 g/mol. The lowest BCUT2D eigenvalue weighted by atomic mass is 10.1. The van der Waals surface area contributed by atoms with Gasteiger partial charge in [0.1, 0.15) is 18.3 Å². The molecule has 146 valence electrons. The molecule has 1 heterocycles. The Labute approximate surface area is 175 Å². The number of halogens is 1. The normalized spacial score (nSPS) is 12.0. The van der Waals surface area contributed by atoms with Gasteiger partial charge >= 0.3 is 0 Å². The van der Waals surface area contributed by atoms with Gasteiger partial charge in [0.25, 0.3) is 0 Å². The van der Waals surface area contributed by atoms with Crippen molar-refractivity contribution in [1.29, 1.82) is 0 Å². The number of carbonyl (C=O) groups excluding carboxylic acids is 1. The Bertz CT molecular complexity index is 985. The van der Waals surface area contributed by atoms with Gasteiger partial charge in [-0.3, -0.25) is 9.69 Å². The van der Waals surface area contributed by atoms with E-state index in [1.54, 1.807) is 11.8 Å². The molecule has 2 aromatic carbocycles. The molecule has 1 amide bonds. The Kier molecular flexibility index (Phi) is 6.50. The highest BCUT2D eigenvalue weighted by Crippen LogP contribution is 2.31. The van der Waals surface area contributed by atoms with E-state index >= 15 is 0 Å². The Morgan fingerprint density at radius 2 is 2.00 bits per heavy atom. The Morgan fingerprint density at radius 1 is 1.25 bits per heavy atom. The van der Waals surface area contributed by atoms with Gasteiger partial charge in [-0.1, -0.05) is 47.5 Å². The molecule has 0 spiro atoms. The first kappa shape index (κ1) is 20.5. The number of aromatic nitrogens is 1. The van der Waals surface area contributed by atoms with Crippen molar-refractivity contribution < 1.29 is 10.1 Å². The number of aryl methyl sites for hydroxylation is 2. The fraction of sp³-hybridized carbons (Fsp3) is 0.273. The zero-order valence-corrected chi connectivity index (χ0v) is 18.1. The number of nitrogens with two attached hydrogens (primary N) is 1. The van der Waals surface area contributed by atoms with E-state index in [1.807, 2.05) is 55.6 Å². The number of hydrogen-bond donors (Lipinski definition) is 1. The molecule has 28 heavy (non-hydrogen) atoms. The van der Waals surface area contributed by atoms with Crippen molar-refractivity contribution in [2.45, 2.75) is 40.3 Å². The zero-order valence-electron chi connectivity index (χ0n) is 16.6. The maximum absolute atomic E-state index is 12.3. The van der Waals surface area contributed by atoms with Crippen LogP contribution in [0.15, 0.2) is 47.8 Å². The van der Waals surface area contributed by atoms with Crippen LogP contribution in [-0.4, -0.2) is 10.9 Å². The van der Waals surface area contributed by atoms with Gasteiger partial charge in [0.2, 0.25) is 5.91 Å². The zero-order chi connectivity index (χ0) is 20.3. The molecular formula is C22H25ClN3OS+. The van der Waals surface area contributed by atoms with Crippen LogP contribution in [0.5, 0.6) is 0 Å². The second kappa shape index (κ2) is 8.86. The van der Waals surface area contributed by atoms with Crippen LogP contribution in [0, 0.1) is 13.8 Å². The first-order valence-electron chi connectivity index (χ1n) is 9.27. The van der Waals surface area contributed by atoms with Crippen molar-refractivity contribution >= 4 is 39.7 Å². The van der Waals surface area contributed by atoms with Crippen LogP contribution in [0.1, 0.15) is 42.3 Å². The molecule has 0 aliphatic heterocycles. The van der Waals surface area contributed by atoms with E-state index in [-0.39, 0.29) is 11.9 Å². The van der Waals surface area contributed by atoms with Crippen LogP contribution in [0.25, 0.3) is 0 Å². The summed E-state index contributed by atoms with van der Waals surface area (Å²) in [5.41, 5.74) is 5.18. The smallest absolute Gasteiger partial charge is 0.230 e. The van der Waals surface area contributed by atoms with Crippen LogP contribution >= 0.6 is 22.9 Å². The second-order valence-corrected chi connectivity index (χ2v) is 8.26. The number of amides is 1. The first-order valence-corrected chi connectivity index (χ1v) is 10.5. The van der Waals surface area contributed by atoms with E-state index < -0.39 is 0 Å². The summed E-state index contributed by atoms with van der Waals surface area (Å²) in [5.74, 6) is -0.0405. The highest BCUT2D eigenvalue weighted by Gasteiger charge is 2.20. The molecule has 0 fully saturated rings. The molecule has 0 aliphatic rings. The third-order valence-electron chi connectivity index (χ3n) is 4.72. The fourth-order valence-electron chi connectivity index (χ4n) is 3.23. The lowest BCUT2D eigenvalue weighted by Crippen LogP contribution is -2.83. The number of hydrogen-bond acceptors (Lipinski definition) is 3. The van der Waals surface area contributed by atoms with Gasteiger partial charge in [-0.2, -0.15) is 0 Å². The highest BCUT2D eigenvalue weighted by atomic mass is 35.5. The van der Waals surface area contributed by atoms with Crippen molar-refractivity contribution in [1.82, 2.24) is 4.98 Å². The molecule has 0 unspecified atom stereocenters. The maximum atomic E-state index is 12.3. The van der Waals surface area contributed by atoms with Gasteiger partial charge in [0.05, 0.1) is 5.69 Å². The van der Waals surface area contributed by atoms with Crippen molar-refractivity contribution in [2.24, 2.45) is 0 Å². The monoisotopic (exact) mass is 414 g/mol. The van der Waals surface area contributed by atoms with Crippen LogP contribution in [-0.2, 0) is 11.3 Å². The number of carbonyl (C=O) groups is 1. The number of rotatable bonds is 6. The van der Waals surface area contributed by atoms with E-state index in [9.17, 15) is 4.79 Å². The van der Waals surface area contributed by atoms with E-state index in [2.05, 4.69) is 18.3 Å². The van der Waals surface area contributed by atoms with E-state index in [1.165, 1.54) is 16.9 Å². The highest BCUT2D eigenvalue weighted by molar-refractivity contribution is 7.14. The summed E-state index contributed by atoms with van der Waals surface area (Å²) in [6.07, 6.45) is 0. The van der Waals surface area contributed by atoms with Gasteiger partial charge in [-0.25, -0.2) is 4.98 Å². The molecule has 0 aliphatic carbocycles. The molecule has 0 radical (unpaired) electrons. The lowest BCUT2D eigenvalue weighted by molar-refractivity contribution is -0.708. The summed E-state index contributed by atoms with van der Waals surface area (Å²) in [7, 11) is 0. The van der Waals surface area contributed by atoms with Gasteiger partial charge in [0, 0.05) is 22.9 Å². The summed E-state index contributed by atoms with van der Waals surface area (Å²) < 4.78 is 0. The number of benzene rings is 2. The summed E-state index contributed by atoms with van der Waals surface area (Å²) in [6.45, 7) is 8.50. The molecule has 0 saturated heterocycles. The second-order valence-electron chi connectivity index (χ2n) is 7.02. The minimum absolute atomic E-state index is 0.0405. The third kappa shape index (κ3) is 4.61. The third-order valence-corrected chi connectivity index (χ3v) is 5.93. The Balaban J connectivity index is 1.76. The molecule has 2 N–H and O–H groups in total. The van der Waals surface area contributed by atoms with Crippen molar-refractivity contribution in [2.75, 3.05) is 4.90 Å². The van der Waals surface area contributed by atoms with Crippen LogP contribution < -0.4 is 10.2 Å². The van der Waals surface area contributed by atoms with Crippen LogP contribution in [0.3, 0.4) is 0 Å². The Hall–Kier alpha value is -2.21. The lowest BCUT2D eigenvalue weighted by Gasteiger charge is -2.20. The molecule has 1 aromatic heterocycles. The molecule has 0 bridgehead atoms. The largest absolute Gasteiger partial charge is 0.335 e. The van der Waals surface area contributed by atoms with Gasteiger partial charge in [-0.15, -0.1) is 11.3 Å². The quantitative estimate of drug-likeness (QED) is 0.622. The van der Waals surface area contributed by atoms with Gasteiger partial charge in [0.15, 0.2) is 5.13 Å².